The van der Waals surface area contributed by atoms with Gasteiger partial charge in [-0.25, -0.2) is 0 Å². The predicted octanol–water partition coefficient (Wildman–Crippen LogP) is 2.14. The minimum Gasteiger partial charge on any atom is -0.330 e. The number of nitriles is 1. The van der Waals surface area contributed by atoms with Crippen molar-refractivity contribution in [1.82, 2.24) is 0 Å². The summed E-state index contributed by atoms with van der Waals surface area (Å²) in [6.07, 6.45) is 0.635. The summed E-state index contributed by atoms with van der Waals surface area (Å²) in [5.74, 6) is -0.245. The molecule has 1 unspecified atom stereocenters. The Morgan fingerprint density at radius 3 is 2.88 bits per heavy atom. The lowest BCUT2D eigenvalue weighted by molar-refractivity contribution is -0.119. The molecule has 1 aromatic rings. The van der Waals surface area contributed by atoms with Crippen molar-refractivity contribution in [3.8, 4) is 6.07 Å². The smallest absolute Gasteiger partial charge is 0.227 e. The summed E-state index contributed by atoms with van der Waals surface area (Å²) < 4.78 is 0. The van der Waals surface area contributed by atoms with Gasteiger partial charge in [0.2, 0.25) is 5.91 Å². The fourth-order valence-electron chi connectivity index (χ4n) is 1.33. The van der Waals surface area contributed by atoms with Gasteiger partial charge in [-0.1, -0.05) is 18.5 Å². The summed E-state index contributed by atoms with van der Waals surface area (Å²) in [7, 11) is 0. The summed E-state index contributed by atoms with van der Waals surface area (Å²) in [6.45, 7) is 2.29. The van der Waals surface area contributed by atoms with E-state index in [9.17, 15) is 4.79 Å². The van der Waals surface area contributed by atoms with Crippen molar-refractivity contribution in [2.24, 2.45) is 11.7 Å². The number of hydrogen-bond donors (Lipinski definition) is 2. The Morgan fingerprint density at radius 2 is 2.35 bits per heavy atom. The molecule has 0 radical (unpaired) electrons. The van der Waals surface area contributed by atoms with E-state index >= 15 is 0 Å². The lowest BCUT2D eigenvalue weighted by Crippen LogP contribution is -2.22. The summed E-state index contributed by atoms with van der Waals surface area (Å²) in [5.41, 5.74) is 6.36. The molecule has 90 valence electrons. The molecule has 0 aromatic heterocycles. The lowest BCUT2D eigenvalue weighted by Gasteiger charge is -2.11. The maximum Gasteiger partial charge on any atom is 0.227 e. The van der Waals surface area contributed by atoms with E-state index in [1.807, 2.05) is 13.0 Å². The fourth-order valence-corrected chi connectivity index (χ4v) is 1.55. The number of carbonyl (C=O) groups excluding carboxylic acids is 1. The molecule has 0 fully saturated rings. The van der Waals surface area contributed by atoms with E-state index in [0.717, 1.165) is 0 Å². The molecule has 0 heterocycles. The van der Waals surface area contributed by atoms with Crippen LogP contribution in [-0.4, -0.2) is 12.5 Å². The Labute approximate surface area is 105 Å². The first kappa shape index (κ1) is 13.5. The number of nitrogens with one attached hydrogen (secondary N) is 1. The van der Waals surface area contributed by atoms with Gasteiger partial charge in [-0.2, -0.15) is 5.26 Å². The van der Waals surface area contributed by atoms with E-state index in [2.05, 4.69) is 5.32 Å². The minimum atomic E-state index is -0.144. The molecule has 0 aliphatic carbocycles. The molecule has 5 heteroatoms. The molecular formula is C12H14ClN3O. The van der Waals surface area contributed by atoms with Gasteiger partial charge in [0.05, 0.1) is 10.6 Å². The van der Waals surface area contributed by atoms with Gasteiger partial charge < -0.3 is 11.1 Å². The molecule has 3 N–H and O–H groups in total. The molecule has 1 atom stereocenters. The van der Waals surface area contributed by atoms with Gasteiger partial charge in [0.1, 0.15) is 6.07 Å². The Morgan fingerprint density at radius 1 is 1.65 bits per heavy atom. The Hall–Kier alpha value is -1.57. The van der Waals surface area contributed by atoms with Crippen LogP contribution in [0, 0.1) is 17.2 Å². The maximum atomic E-state index is 11.7. The first-order chi connectivity index (χ1) is 8.08. The molecule has 0 saturated carbocycles. The van der Waals surface area contributed by atoms with Crippen LogP contribution >= 0.6 is 11.6 Å². The third-order valence-corrected chi connectivity index (χ3v) is 2.72. The van der Waals surface area contributed by atoms with Crippen molar-refractivity contribution in [3.05, 3.63) is 28.8 Å². The Balaban J connectivity index is 2.73. The number of nitrogens with two attached hydrogens (primary N) is 1. The third kappa shape index (κ3) is 3.74. The van der Waals surface area contributed by atoms with Gasteiger partial charge in [0.25, 0.3) is 0 Å². The van der Waals surface area contributed by atoms with Crippen LogP contribution in [0.2, 0.25) is 5.02 Å². The van der Waals surface area contributed by atoms with Crippen LogP contribution in [0.25, 0.3) is 0 Å². The highest BCUT2D eigenvalue weighted by molar-refractivity contribution is 6.32. The number of carbonyl (C=O) groups is 1. The van der Waals surface area contributed by atoms with Crippen LogP contribution < -0.4 is 11.1 Å². The Kier molecular flexibility index (Phi) is 4.95. The van der Waals surface area contributed by atoms with Crippen LogP contribution in [0.3, 0.4) is 0 Å². The number of hydrogen-bond acceptors (Lipinski definition) is 3. The third-order valence-electron chi connectivity index (χ3n) is 2.40. The SMILES string of the molecule is CC(CCN)C(=O)Nc1ccc(C#N)c(Cl)c1. The number of anilines is 1. The average Bonchev–Trinajstić information content (AvgIpc) is 2.29. The molecule has 1 amide bonds. The van der Waals surface area contributed by atoms with Gasteiger partial charge in [0.15, 0.2) is 0 Å². The first-order valence-electron chi connectivity index (χ1n) is 5.29. The van der Waals surface area contributed by atoms with Crippen LogP contribution in [0.4, 0.5) is 5.69 Å². The predicted molar refractivity (Wildman–Crippen MR) is 67.6 cm³/mol. The van der Waals surface area contributed by atoms with Crippen molar-refractivity contribution in [2.75, 3.05) is 11.9 Å². The summed E-state index contributed by atoms with van der Waals surface area (Å²) in [4.78, 5) is 11.7. The molecule has 0 bridgehead atoms. The van der Waals surface area contributed by atoms with Crippen molar-refractivity contribution >= 4 is 23.2 Å². The summed E-state index contributed by atoms with van der Waals surface area (Å²) in [6, 6.07) is 6.75. The average molecular weight is 252 g/mol. The van der Waals surface area contributed by atoms with Crippen molar-refractivity contribution in [2.45, 2.75) is 13.3 Å². The quantitative estimate of drug-likeness (QED) is 0.860. The second kappa shape index (κ2) is 6.24. The molecule has 17 heavy (non-hydrogen) atoms. The zero-order valence-electron chi connectivity index (χ0n) is 9.53. The highest BCUT2D eigenvalue weighted by atomic mass is 35.5. The monoisotopic (exact) mass is 251 g/mol. The fraction of sp³-hybridized carbons (Fsp3) is 0.333. The Bertz CT molecular complexity index is 454. The number of halogens is 1. The minimum absolute atomic E-state index is 0.101. The number of amides is 1. The summed E-state index contributed by atoms with van der Waals surface area (Å²) >= 11 is 5.86. The van der Waals surface area contributed by atoms with E-state index in [0.29, 0.717) is 29.2 Å². The maximum absolute atomic E-state index is 11.7. The lowest BCUT2D eigenvalue weighted by atomic mass is 10.1. The molecule has 0 aliphatic rings. The van der Waals surface area contributed by atoms with Crippen molar-refractivity contribution in [3.63, 3.8) is 0 Å². The van der Waals surface area contributed by atoms with Gasteiger partial charge in [-0.3, -0.25) is 4.79 Å². The first-order valence-corrected chi connectivity index (χ1v) is 5.67. The van der Waals surface area contributed by atoms with Crippen LogP contribution in [0.5, 0.6) is 0 Å². The zero-order valence-corrected chi connectivity index (χ0v) is 10.3. The molecule has 1 rings (SSSR count). The van der Waals surface area contributed by atoms with E-state index < -0.39 is 0 Å². The van der Waals surface area contributed by atoms with Crippen LogP contribution in [0.1, 0.15) is 18.9 Å². The van der Waals surface area contributed by atoms with Crippen LogP contribution in [-0.2, 0) is 4.79 Å². The highest BCUT2D eigenvalue weighted by Crippen LogP contribution is 2.20. The highest BCUT2D eigenvalue weighted by Gasteiger charge is 2.12. The summed E-state index contributed by atoms with van der Waals surface area (Å²) in [5, 5.41) is 11.8. The van der Waals surface area contributed by atoms with E-state index in [1.165, 1.54) is 0 Å². The second-order valence-electron chi connectivity index (χ2n) is 3.77. The van der Waals surface area contributed by atoms with E-state index in [1.54, 1.807) is 18.2 Å². The molecule has 0 aliphatic heterocycles. The zero-order chi connectivity index (χ0) is 12.8. The van der Waals surface area contributed by atoms with Gasteiger partial charge >= 0.3 is 0 Å². The molecule has 4 nitrogen and oxygen atoms in total. The molecule has 1 aromatic carbocycles. The number of rotatable bonds is 4. The topological polar surface area (TPSA) is 78.9 Å². The second-order valence-corrected chi connectivity index (χ2v) is 4.18. The van der Waals surface area contributed by atoms with Crippen LogP contribution in [0.15, 0.2) is 18.2 Å². The largest absolute Gasteiger partial charge is 0.330 e. The van der Waals surface area contributed by atoms with Gasteiger partial charge in [-0.15, -0.1) is 0 Å². The van der Waals surface area contributed by atoms with Crippen molar-refractivity contribution < 1.29 is 4.79 Å². The molecule has 0 spiro atoms. The number of benzene rings is 1. The van der Waals surface area contributed by atoms with Crippen molar-refractivity contribution in [1.29, 1.82) is 5.26 Å². The normalized spacial score (nSPS) is 11.6. The van der Waals surface area contributed by atoms with E-state index in [-0.39, 0.29) is 11.8 Å². The standard InChI is InChI=1S/C12H14ClN3O/c1-8(4-5-14)12(17)16-10-3-2-9(7-15)11(13)6-10/h2-3,6,8H,4-5,14H2,1H3,(H,16,17). The van der Waals surface area contributed by atoms with E-state index in [4.69, 9.17) is 22.6 Å². The molecular weight excluding hydrogens is 238 g/mol. The van der Waals surface area contributed by atoms with Gasteiger partial charge in [0, 0.05) is 11.6 Å². The van der Waals surface area contributed by atoms with Gasteiger partial charge in [-0.05, 0) is 31.2 Å². The number of nitrogens with zero attached hydrogens (tertiary/aromatic N) is 1. The molecule has 0 saturated heterocycles.